The average molecular weight is 386 g/mol. The molecule has 0 bridgehead atoms. The highest BCUT2D eigenvalue weighted by atomic mass is 19.1. The first-order valence-electron chi connectivity index (χ1n) is 8.38. The molecule has 8 nitrogen and oxygen atoms in total. The van der Waals surface area contributed by atoms with Gasteiger partial charge in [0.25, 0.3) is 0 Å². The smallest absolute Gasteiger partial charge is 0.249 e. The van der Waals surface area contributed by atoms with Gasteiger partial charge in [0.15, 0.2) is 0 Å². The highest BCUT2D eigenvalue weighted by molar-refractivity contribution is 5.80. The quantitative estimate of drug-likeness (QED) is 0.345. The number of carbonyl (C=O) groups is 1. The number of hydrogen-bond acceptors (Lipinski definition) is 5. The zero-order chi connectivity index (χ0) is 20.4. The van der Waals surface area contributed by atoms with Crippen molar-refractivity contribution >= 4 is 5.91 Å². The predicted octanol–water partition coefficient (Wildman–Crippen LogP) is 2.56. The van der Waals surface area contributed by atoms with Crippen molar-refractivity contribution in [3.8, 4) is 5.75 Å². The number of amides is 1. The van der Waals surface area contributed by atoms with Crippen LogP contribution in [0.3, 0.4) is 0 Å². The number of halogens is 2. The molecule has 3 atom stereocenters. The van der Waals surface area contributed by atoms with E-state index >= 15 is 0 Å². The van der Waals surface area contributed by atoms with Crippen molar-refractivity contribution in [2.45, 2.75) is 38.5 Å². The largest absolute Gasteiger partial charge is 0.493 e. The normalized spacial score (nSPS) is 14.2. The van der Waals surface area contributed by atoms with E-state index in [4.69, 9.17) is 15.0 Å². The molecule has 1 rings (SSSR count). The first kappa shape index (κ1) is 22.6. The summed E-state index contributed by atoms with van der Waals surface area (Å²) in [4.78, 5) is 14.7. The molecule has 0 aliphatic rings. The van der Waals surface area contributed by atoms with Crippen LogP contribution in [0.2, 0.25) is 0 Å². The molecule has 1 aromatic carbocycles. The van der Waals surface area contributed by atoms with Gasteiger partial charge in [0.05, 0.1) is 18.8 Å². The maximum atomic E-state index is 13.2. The molecular formula is C17H24F2N4O4. The van der Waals surface area contributed by atoms with Gasteiger partial charge in [-0.3, -0.25) is 4.79 Å². The van der Waals surface area contributed by atoms with Gasteiger partial charge in [0.1, 0.15) is 23.5 Å². The third kappa shape index (κ3) is 8.21. The zero-order valence-corrected chi connectivity index (χ0v) is 15.4. The molecule has 0 aliphatic carbocycles. The third-order valence-corrected chi connectivity index (χ3v) is 3.62. The van der Waals surface area contributed by atoms with Crippen LogP contribution >= 0.6 is 0 Å². The van der Waals surface area contributed by atoms with Crippen LogP contribution in [0, 0.1) is 17.6 Å². The van der Waals surface area contributed by atoms with Crippen LogP contribution in [-0.4, -0.2) is 49.5 Å². The molecule has 0 saturated heterocycles. The maximum Gasteiger partial charge on any atom is 0.249 e. The Morgan fingerprint density at radius 3 is 2.48 bits per heavy atom. The molecule has 10 heteroatoms. The molecule has 2 N–H and O–H groups in total. The second-order valence-electron chi connectivity index (χ2n) is 6.35. The minimum Gasteiger partial charge on any atom is -0.493 e. The number of nitrogens with one attached hydrogen (secondary N) is 1. The maximum absolute atomic E-state index is 13.2. The number of carbonyl (C=O) groups excluding carboxylic acids is 1. The fourth-order valence-corrected chi connectivity index (χ4v) is 2.19. The van der Waals surface area contributed by atoms with Gasteiger partial charge in [-0.15, -0.1) is 0 Å². The van der Waals surface area contributed by atoms with Gasteiger partial charge in [0.2, 0.25) is 5.91 Å². The molecule has 0 unspecified atom stereocenters. The molecule has 0 fully saturated rings. The Morgan fingerprint density at radius 1 is 1.33 bits per heavy atom. The van der Waals surface area contributed by atoms with Gasteiger partial charge >= 0.3 is 0 Å². The van der Waals surface area contributed by atoms with E-state index < -0.39 is 35.8 Å². The number of aliphatic hydroxyl groups is 1. The number of rotatable bonds is 11. The summed E-state index contributed by atoms with van der Waals surface area (Å²) in [5.41, 5.74) is 8.68. The molecule has 0 aromatic heterocycles. The van der Waals surface area contributed by atoms with Crippen molar-refractivity contribution < 1.29 is 28.2 Å². The van der Waals surface area contributed by atoms with Crippen LogP contribution in [0.5, 0.6) is 5.75 Å². The molecule has 0 spiro atoms. The summed E-state index contributed by atoms with van der Waals surface area (Å²) in [7, 11) is 1.32. The lowest BCUT2D eigenvalue weighted by Crippen LogP contribution is -2.42. The standard InChI is InChI=1S/C17H24F2N4O4/c1-10(2)8-21-17(25)16(26-3)7-15(24)14(22-23-20)9-27-13-5-11(18)4-12(19)6-13/h4-6,10,14-16,24H,7-9H2,1-3H3,(H,21,25)/t14-,15-,16+/m0/s1. The highest BCUT2D eigenvalue weighted by Crippen LogP contribution is 2.17. The van der Waals surface area contributed by atoms with E-state index in [0.29, 0.717) is 12.6 Å². The van der Waals surface area contributed by atoms with Crippen LogP contribution in [0.15, 0.2) is 23.3 Å². The Morgan fingerprint density at radius 2 is 1.96 bits per heavy atom. The fourth-order valence-electron chi connectivity index (χ4n) is 2.19. The van der Waals surface area contributed by atoms with Crippen molar-refractivity contribution in [2.75, 3.05) is 20.3 Å². The van der Waals surface area contributed by atoms with Crippen molar-refractivity contribution in [3.63, 3.8) is 0 Å². The zero-order valence-electron chi connectivity index (χ0n) is 15.4. The number of hydrogen-bond donors (Lipinski definition) is 2. The molecule has 0 radical (unpaired) electrons. The third-order valence-electron chi connectivity index (χ3n) is 3.62. The summed E-state index contributed by atoms with van der Waals surface area (Å²) >= 11 is 0. The van der Waals surface area contributed by atoms with Crippen LogP contribution in [0.1, 0.15) is 20.3 Å². The Kier molecular flexibility index (Phi) is 9.49. The number of azide groups is 1. The van der Waals surface area contributed by atoms with Crippen molar-refractivity contribution in [1.82, 2.24) is 5.32 Å². The van der Waals surface area contributed by atoms with Crippen molar-refractivity contribution in [1.29, 1.82) is 0 Å². The number of aliphatic hydroxyl groups excluding tert-OH is 1. The summed E-state index contributed by atoms with van der Waals surface area (Å²) < 4.78 is 36.7. The Bertz CT molecular complexity index is 648. The number of methoxy groups -OCH3 is 1. The van der Waals surface area contributed by atoms with Gasteiger partial charge in [-0.1, -0.05) is 19.0 Å². The summed E-state index contributed by atoms with van der Waals surface area (Å²) in [5, 5.41) is 16.4. The van der Waals surface area contributed by atoms with Crippen molar-refractivity contribution in [3.05, 3.63) is 40.3 Å². The Labute approximate surface area is 156 Å². The minimum absolute atomic E-state index is 0.115. The van der Waals surface area contributed by atoms with E-state index in [2.05, 4.69) is 15.3 Å². The van der Waals surface area contributed by atoms with E-state index in [0.717, 1.165) is 12.1 Å². The predicted molar refractivity (Wildman–Crippen MR) is 94.1 cm³/mol. The molecule has 1 amide bonds. The van der Waals surface area contributed by atoms with E-state index in [9.17, 15) is 18.7 Å². The SMILES string of the molecule is CO[C@H](C[C@H](O)[C@H](COc1cc(F)cc(F)c1)N=[N+]=[N-])C(=O)NCC(C)C. The van der Waals surface area contributed by atoms with E-state index in [1.165, 1.54) is 7.11 Å². The average Bonchev–Trinajstić information content (AvgIpc) is 2.60. The van der Waals surface area contributed by atoms with Gasteiger partial charge in [-0.25, -0.2) is 8.78 Å². The number of nitrogens with zero attached hydrogens (tertiary/aromatic N) is 3. The van der Waals surface area contributed by atoms with Crippen LogP contribution < -0.4 is 10.1 Å². The van der Waals surface area contributed by atoms with Gasteiger partial charge < -0.3 is 19.9 Å². The summed E-state index contributed by atoms with van der Waals surface area (Å²) in [6, 6.07) is 1.52. The highest BCUT2D eigenvalue weighted by Gasteiger charge is 2.27. The molecule has 0 aliphatic heterocycles. The molecular weight excluding hydrogens is 362 g/mol. The number of ether oxygens (including phenoxy) is 2. The lowest BCUT2D eigenvalue weighted by molar-refractivity contribution is -0.133. The topological polar surface area (TPSA) is 117 Å². The Hall–Kier alpha value is -2.42. The monoisotopic (exact) mass is 386 g/mol. The summed E-state index contributed by atoms with van der Waals surface area (Å²) in [5.74, 6) is -1.93. The number of benzene rings is 1. The molecule has 0 heterocycles. The van der Waals surface area contributed by atoms with Crippen molar-refractivity contribution in [2.24, 2.45) is 11.0 Å². The van der Waals surface area contributed by atoms with E-state index in [1.54, 1.807) is 0 Å². The Balaban J connectivity index is 2.71. The van der Waals surface area contributed by atoms with E-state index in [-0.39, 0.29) is 24.7 Å². The fraction of sp³-hybridized carbons (Fsp3) is 0.588. The van der Waals surface area contributed by atoms with Gasteiger partial charge in [0, 0.05) is 43.2 Å². The second kappa shape index (κ2) is 11.3. The summed E-state index contributed by atoms with van der Waals surface area (Å²) in [6.07, 6.45) is -2.37. The van der Waals surface area contributed by atoms with Gasteiger partial charge in [-0.05, 0) is 11.4 Å². The molecule has 0 saturated carbocycles. The molecule has 1 aromatic rings. The second-order valence-corrected chi connectivity index (χ2v) is 6.35. The first-order valence-corrected chi connectivity index (χ1v) is 8.38. The summed E-state index contributed by atoms with van der Waals surface area (Å²) in [6.45, 7) is 3.98. The van der Waals surface area contributed by atoms with Crippen LogP contribution in [0.4, 0.5) is 8.78 Å². The van der Waals surface area contributed by atoms with Gasteiger partial charge in [-0.2, -0.15) is 0 Å². The van der Waals surface area contributed by atoms with Crippen LogP contribution in [0.25, 0.3) is 10.4 Å². The molecule has 27 heavy (non-hydrogen) atoms. The lowest BCUT2D eigenvalue weighted by Gasteiger charge is -2.23. The van der Waals surface area contributed by atoms with Crippen LogP contribution in [-0.2, 0) is 9.53 Å². The minimum atomic E-state index is -1.27. The van der Waals surface area contributed by atoms with E-state index in [1.807, 2.05) is 13.8 Å². The molecule has 150 valence electrons. The first-order chi connectivity index (χ1) is 12.8. The lowest BCUT2D eigenvalue weighted by atomic mass is 10.0.